The van der Waals surface area contributed by atoms with Gasteiger partial charge in [-0.3, -0.25) is 4.98 Å². The van der Waals surface area contributed by atoms with Crippen LogP contribution in [0.5, 0.6) is 0 Å². The van der Waals surface area contributed by atoms with Gasteiger partial charge in [-0.1, -0.05) is 36.4 Å². The number of halogens is 3. The maximum absolute atomic E-state index is 12.9. The molecular formula is C22H13F3N2. The first-order valence-electron chi connectivity index (χ1n) is 8.56. The summed E-state index contributed by atoms with van der Waals surface area (Å²) in [5, 5.41) is 0. The Kier molecular flexibility index (Phi) is 3.34. The molecule has 5 heteroatoms. The van der Waals surface area contributed by atoms with Gasteiger partial charge in [-0.25, -0.2) is 4.98 Å². The van der Waals surface area contributed by atoms with Crippen LogP contribution in [0.1, 0.15) is 16.7 Å². The molecular weight excluding hydrogens is 349 g/mol. The molecule has 2 nitrogen and oxygen atoms in total. The number of alkyl halides is 3. The zero-order chi connectivity index (χ0) is 18.6. The minimum Gasteiger partial charge on any atom is -0.254 e. The second-order valence-corrected chi connectivity index (χ2v) is 6.59. The van der Waals surface area contributed by atoms with Crippen molar-refractivity contribution in [3.8, 4) is 22.4 Å². The van der Waals surface area contributed by atoms with Crippen LogP contribution >= 0.6 is 0 Å². The van der Waals surface area contributed by atoms with Crippen molar-refractivity contribution < 1.29 is 13.2 Å². The molecule has 0 N–H and O–H groups in total. The molecule has 0 atom stereocenters. The highest BCUT2D eigenvalue weighted by atomic mass is 19.4. The number of hydrogen-bond donors (Lipinski definition) is 0. The van der Waals surface area contributed by atoms with Crippen molar-refractivity contribution in [2.75, 3.05) is 0 Å². The SMILES string of the molecule is FC(F)(F)c1ccc(-c2nc3cccnc3c3c2Cc2ccccc2-3)cc1. The summed E-state index contributed by atoms with van der Waals surface area (Å²) < 4.78 is 38.7. The van der Waals surface area contributed by atoms with Gasteiger partial charge in [0.15, 0.2) is 0 Å². The van der Waals surface area contributed by atoms with Gasteiger partial charge in [0, 0.05) is 23.7 Å². The first kappa shape index (κ1) is 16.0. The van der Waals surface area contributed by atoms with Gasteiger partial charge in [0.2, 0.25) is 0 Å². The normalized spacial score (nSPS) is 12.9. The number of fused-ring (bicyclic) bond motifs is 5. The molecule has 5 rings (SSSR count). The summed E-state index contributed by atoms with van der Waals surface area (Å²) in [6.45, 7) is 0. The van der Waals surface area contributed by atoms with E-state index in [2.05, 4.69) is 17.1 Å². The van der Waals surface area contributed by atoms with Crippen LogP contribution in [0.15, 0.2) is 66.9 Å². The molecule has 2 heterocycles. The first-order chi connectivity index (χ1) is 13.0. The smallest absolute Gasteiger partial charge is 0.254 e. The highest BCUT2D eigenvalue weighted by Crippen LogP contribution is 2.44. The molecule has 4 aromatic rings. The number of rotatable bonds is 1. The lowest BCUT2D eigenvalue weighted by Gasteiger charge is -2.12. The molecule has 0 bridgehead atoms. The molecule has 0 radical (unpaired) electrons. The van der Waals surface area contributed by atoms with Crippen molar-refractivity contribution >= 4 is 11.0 Å². The van der Waals surface area contributed by atoms with Crippen molar-refractivity contribution in [1.29, 1.82) is 0 Å². The van der Waals surface area contributed by atoms with E-state index in [1.165, 1.54) is 17.7 Å². The van der Waals surface area contributed by atoms with Gasteiger partial charge >= 0.3 is 6.18 Å². The van der Waals surface area contributed by atoms with E-state index in [4.69, 9.17) is 4.98 Å². The van der Waals surface area contributed by atoms with Gasteiger partial charge in [-0.15, -0.1) is 0 Å². The molecule has 1 aliphatic rings. The molecule has 0 fully saturated rings. The van der Waals surface area contributed by atoms with Crippen LogP contribution in [0.3, 0.4) is 0 Å². The van der Waals surface area contributed by atoms with Gasteiger partial charge in [0.25, 0.3) is 0 Å². The Bertz CT molecular complexity index is 1180. The van der Waals surface area contributed by atoms with Gasteiger partial charge in [-0.05, 0) is 41.0 Å². The van der Waals surface area contributed by atoms with Crippen LogP contribution in [0.25, 0.3) is 33.4 Å². The summed E-state index contributed by atoms with van der Waals surface area (Å²) in [4.78, 5) is 9.27. The van der Waals surface area contributed by atoms with Crippen molar-refractivity contribution in [2.45, 2.75) is 12.6 Å². The van der Waals surface area contributed by atoms with Crippen LogP contribution in [-0.2, 0) is 12.6 Å². The minimum atomic E-state index is -4.35. The Balaban J connectivity index is 1.77. The highest BCUT2D eigenvalue weighted by Gasteiger charge is 2.31. The lowest BCUT2D eigenvalue weighted by Crippen LogP contribution is -2.04. The van der Waals surface area contributed by atoms with Crippen molar-refractivity contribution in [3.05, 3.63) is 83.6 Å². The van der Waals surface area contributed by atoms with Crippen LogP contribution in [-0.4, -0.2) is 9.97 Å². The average Bonchev–Trinajstić information content (AvgIpc) is 3.07. The standard InChI is InChI=1S/C22H13F3N2/c23-22(24,25)15-9-7-13(8-10-15)20-17-12-14-4-1-2-5-16(14)19(17)21-18(27-20)6-3-11-26-21/h1-11H,12H2. The third kappa shape index (κ3) is 2.50. The lowest BCUT2D eigenvalue weighted by molar-refractivity contribution is -0.137. The second kappa shape index (κ2) is 5.64. The Hall–Kier alpha value is -3.21. The molecule has 0 unspecified atom stereocenters. The third-order valence-electron chi connectivity index (χ3n) is 4.98. The number of nitrogens with zero attached hydrogens (tertiary/aromatic N) is 2. The molecule has 2 aromatic carbocycles. The van der Waals surface area contributed by atoms with Crippen LogP contribution in [0.2, 0.25) is 0 Å². The van der Waals surface area contributed by atoms with E-state index in [0.717, 1.165) is 45.6 Å². The van der Waals surface area contributed by atoms with E-state index in [0.29, 0.717) is 12.0 Å². The number of benzene rings is 2. The minimum absolute atomic E-state index is 0.659. The molecule has 0 saturated carbocycles. The highest BCUT2D eigenvalue weighted by molar-refractivity contribution is 5.99. The molecule has 0 aliphatic heterocycles. The van der Waals surface area contributed by atoms with E-state index in [1.807, 2.05) is 24.3 Å². The van der Waals surface area contributed by atoms with E-state index in [1.54, 1.807) is 6.20 Å². The van der Waals surface area contributed by atoms with Crippen LogP contribution in [0, 0.1) is 0 Å². The summed E-state index contributed by atoms with van der Waals surface area (Å²) in [5.41, 5.74) is 6.65. The van der Waals surface area contributed by atoms with E-state index >= 15 is 0 Å². The summed E-state index contributed by atoms with van der Waals surface area (Å²) >= 11 is 0. The fraction of sp³-hybridized carbons (Fsp3) is 0.0909. The zero-order valence-corrected chi connectivity index (χ0v) is 14.1. The maximum atomic E-state index is 12.9. The number of aromatic nitrogens is 2. The topological polar surface area (TPSA) is 25.8 Å². The van der Waals surface area contributed by atoms with E-state index in [9.17, 15) is 13.2 Å². The summed E-state index contributed by atoms with van der Waals surface area (Å²) in [7, 11) is 0. The van der Waals surface area contributed by atoms with Crippen LogP contribution < -0.4 is 0 Å². The monoisotopic (exact) mass is 362 g/mol. The van der Waals surface area contributed by atoms with E-state index in [-0.39, 0.29) is 0 Å². The van der Waals surface area contributed by atoms with Gasteiger partial charge < -0.3 is 0 Å². The third-order valence-corrected chi connectivity index (χ3v) is 4.98. The average molecular weight is 362 g/mol. The summed E-state index contributed by atoms with van der Waals surface area (Å²) in [6.07, 6.45) is -1.91. The fourth-order valence-electron chi connectivity index (χ4n) is 3.76. The predicted octanol–water partition coefficient (Wildman–Crippen LogP) is 5.89. The Morgan fingerprint density at radius 1 is 0.852 bits per heavy atom. The van der Waals surface area contributed by atoms with Gasteiger partial charge in [0.1, 0.15) is 0 Å². The lowest BCUT2D eigenvalue weighted by atomic mass is 9.98. The Morgan fingerprint density at radius 2 is 1.63 bits per heavy atom. The molecule has 0 amide bonds. The predicted molar refractivity (Wildman–Crippen MR) is 98.2 cm³/mol. The molecule has 1 aliphatic carbocycles. The summed E-state index contributed by atoms with van der Waals surface area (Å²) in [5.74, 6) is 0. The molecule has 0 saturated heterocycles. The van der Waals surface area contributed by atoms with E-state index < -0.39 is 11.7 Å². The molecule has 27 heavy (non-hydrogen) atoms. The summed E-state index contributed by atoms with van der Waals surface area (Å²) in [6, 6.07) is 17.0. The van der Waals surface area contributed by atoms with Crippen LogP contribution in [0.4, 0.5) is 13.2 Å². The maximum Gasteiger partial charge on any atom is 0.416 e. The number of pyridine rings is 2. The number of hydrogen-bond acceptors (Lipinski definition) is 2. The van der Waals surface area contributed by atoms with Crippen molar-refractivity contribution in [1.82, 2.24) is 9.97 Å². The second-order valence-electron chi connectivity index (χ2n) is 6.59. The zero-order valence-electron chi connectivity index (χ0n) is 14.1. The molecule has 0 spiro atoms. The largest absolute Gasteiger partial charge is 0.416 e. The van der Waals surface area contributed by atoms with Crippen molar-refractivity contribution in [2.24, 2.45) is 0 Å². The quantitative estimate of drug-likeness (QED) is 0.372. The molecule has 132 valence electrons. The fourth-order valence-corrected chi connectivity index (χ4v) is 3.76. The van der Waals surface area contributed by atoms with Gasteiger partial charge in [-0.2, -0.15) is 13.2 Å². The Labute approximate surface area is 153 Å². The Morgan fingerprint density at radius 3 is 2.41 bits per heavy atom. The van der Waals surface area contributed by atoms with Gasteiger partial charge in [0.05, 0.1) is 22.3 Å². The van der Waals surface area contributed by atoms with Crippen molar-refractivity contribution in [3.63, 3.8) is 0 Å². The molecule has 2 aromatic heterocycles. The first-order valence-corrected chi connectivity index (χ1v) is 8.56.